The Morgan fingerprint density at radius 2 is 1.59 bits per heavy atom. The highest BCUT2D eigenvalue weighted by Crippen LogP contribution is 2.31. The van der Waals surface area contributed by atoms with Crippen LogP contribution in [0.3, 0.4) is 0 Å². The molecule has 0 aliphatic heterocycles. The second-order valence-electron chi connectivity index (χ2n) is 11.7. The second kappa shape index (κ2) is 12.8. The Bertz CT molecular complexity index is 1280. The molecule has 3 rings (SSSR count). The summed E-state index contributed by atoms with van der Waals surface area (Å²) in [5, 5.41) is 3.00. The van der Waals surface area contributed by atoms with Crippen LogP contribution in [0.1, 0.15) is 58.2 Å². The standard InChI is InChI=1S/C32H38BrFN2O3/c1-31(2,3)24-16-17-28(25(33)19-24)39-21-29(37)36(20-23-14-10-11-15-26(23)34)27(30(38)35-32(4,5)6)18-22-12-8-7-9-13-22/h7-17,19,27H,18,20-21H2,1-6H3,(H,35,38)/t27-/m1/s1. The molecule has 0 aliphatic carbocycles. The summed E-state index contributed by atoms with van der Waals surface area (Å²) in [5.41, 5.74) is 1.77. The van der Waals surface area contributed by atoms with Crippen LogP contribution in [0.2, 0.25) is 0 Å². The third kappa shape index (κ3) is 8.92. The van der Waals surface area contributed by atoms with Gasteiger partial charge in [0.2, 0.25) is 5.91 Å². The van der Waals surface area contributed by atoms with Crippen LogP contribution in [0.4, 0.5) is 4.39 Å². The Morgan fingerprint density at radius 1 is 0.949 bits per heavy atom. The number of benzene rings is 3. The highest BCUT2D eigenvalue weighted by atomic mass is 79.9. The molecular weight excluding hydrogens is 559 g/mol. The molecule has 0 radical (unpaired) electrons. The van der Waals surface area contributed by atoms with E-state index in [0.717, 1.165) is 15.6 Å². The smallest absolute Gasteiger partial charge is 0.261 e. The molecule has 0 saturated carbocycles. The van der Waals surface area contributed by atoms with E-state index in [9.17, 15) is 14.0 Å². The van der Waals surface area contributed by atoms with Crippen molar-refractivity contribution in [3.63, 3.8) is 0 Å². The molecule has 3 aromatic carbocycles. The maximum Gasteiger partial charge on any atom is 0.261 e. The zero-order chi connectivity index (χ0) is 28.8. The molecule has 0 unspecified atom stereocenters. The van der Waals surface area contributed by atoms with Crippen molar-refractivity contribution in [2.75, 3.05) is 6.61 Å². The predicted octanol–water partition coefficient (Wildman–Crippen LogP) is 6.82. The summed E-state index contributed by atoms with van der Waals surface area (Å²) in [6, 6.07) is 20.7. The fourth-order valence-electron chi connectivity index (χ4n) is 4.12. The van der Waals surface area contributed by atoms with Crippen molar-refractivity contribution in [2.24, 2.45) is 0 Å². The van der Waals surface area contributed by atoms with Gasteiger partial charge in [-0.25, -0.2) is 4.39 Å². The molecule has 0 aliphatic rings. The first kappa shape index (κ1) is 30.4. The van der Waals surface area contributed by atoms with Gasteiger partial charge in [-0.05, 0) is 71.4 Å². The third-order valence-corrected chi connectivity index (χ3v) is 6.84. The fourth-order valence-corrected chi connectivity index (χ4v) is 4.62. The van der Waals surface area contributed by atoms with Gasteiger partial charge in [0, 0.05) is 24.1 Å². The number of halogens is 2. The second-order valence-corrected chi connectivity index (χ2v) is 12.6. The molecule has 208 valence electrons. The SMILES string of the molecule is CC(C)(C)NC(=O)[C@@H](Cc1ccccc1)N(Cc1ccccc1F)C(=O)COc1ccc(C(C)(C)C)cc1Br. The largest absolute Gasteiger partial charge is 0.483 e. The lowest BCUT2D eigenvalue weighted by Gasteiger charge is -2.34. The lowest BCUT2D eigenvalue weighted by Crippen LogP contribution is -2.55. The minimum atomic E-state index is -0.881. The molecule has 0 heterocycles. The van der Waals surface area contributed by atoms with Crippen molar-refractivity contribution in [2.45, 2.75) is 71.5 Å². The molecule has 39 heavy (non-hydrogen) atoms. The molecular formula is C32H38BrFN2O3. The minimum Gasteiger partial charge on any atom is -0.483 e. The monoisotopic (exact) mass is 596 g/mol. The Morgan fingerprint density at radius 3 is 2.18 bits per heavy atom. The summed E-state index contributed by atoms with van der Waals surface area (Å²) in [5.74, 6) is -0.658. The topological polar surface area (TPSA) is 58.6 Å². The van der Waals surface area contributed by atoms with Crippen LogP contribution in [0.15, 0.2) is 77.3 Å². The summed E-state index contributed by atoms with van der Waals surface area (Å²) in [4.78, 5) is 28.8. The summed E-state index contributed by atoms with van der Waals surface area (Å²) in [6.07, 6.45) is 0.271. The third-order valence-electron chi connectivity index (χ3n) is 6.22. The molecule has 0 fully saturated rings. The van der Waals surface area contributed by atoms with Gasteiger partial charge in [0.15, 0.2) is 6.61 Å². The average molecular weight is 598 g/mol. The summed E-state index contributed by atoms with van der Waals surface area (Å²) in [6.45, 7) is 11.6. The van der Waals surface area contributed by atoms with Gasteiger partial charge in [0.25, 0.3) is 5.91 Å². The normalized spacial score (nSPS) is 12.5. The van der Waals surface area contributed by atoms with Crippen LogP contribution >= 0.6 is 15.9 Å². The average Bonchev–Trinajstić information content (AvgIpc) is 2.85. The van der Waals surface area contributed by atoms with Gasteiger partial charge in [-0.3, -0.25) is 9.59 Å². The van der Waals surface area contributed by atoms with Gasteiger partial charge in [-0.15, -0.1) is 0 Å². The molecule has 0 aromatic heterocycles. The zero-order valence-electron chi connectivity index (χ0n) is 23.6. The molecule has 2 amide bonds. The first-order valence-corrected chi connectivity index (χ1v) is 13.9. The Labute approximate surface area is 239 Å². The quantitative estimate of drug-likeness (QED) is 0.295. The van der Waals surface area contributed by atoms with Crippen LogP contribution in [0, 0.1) is 5.82 Å². The molecule has 5 nitrogen and oxygen atoms in total. The van der Waals surface area contributed by atoms with E-state index in [-0.39, 0.29) is 30.9 Å². The molecule has 1 atom stereocenters. The van der Waals surface area contributed by atoms with E-state index in [1.807, 2.05) is 69.3 Å². The lowest BCUT2D eigenvalue weighted by molar-refractivity contribution is -0.143. The number of nitrogens with zero attached hydrogens (tertiary/aromatic N) is 1. The summed E-state index contributed by atoms with van der Waals surface area (Å²) < 4.78 is 21.4. The van der Waals surface area contributed by atoms with Crippen molar-refractivity contribution in [3.8, 4) is 5.75 Å². The minimum absolute atomic E-state index is 0.0432. The predicted molar refractivity (Wildman–Crippen MR) is 157 cm³/mol. The van der Waals surface area contributed by atoms with E-state index in [2.05, 4.69) is 42.0 Å². The Hall–Kier alpha value is -3.19. The van der Waals surface area contributed by atoms with Crippen LogP contribution < -0.4 is 10.1 Å². The highest BCUT2D eigenvalue weighted by Gasteiger charge is 2.33. The number of ether oxygens (including phenoxy) is 1. The van der Waals surface area contributed by atoms with Gasteiger partial charge >= 0.3 is 0 Å². The number of carbonyl (C=O) groups is 2. The van der Waals surface area contributed by atoms with Crippen molar-refractivity contribution >= 4 is 27.7 Å². The van der Waals surface area contributed by atoms with E-state index >= 15 is 0 Å². The lowest BCUT2D eigenvalue weighted by atomic mass is 9.87. The molecule has 0 spiro atoms. The van der Waals surface area contributed by atoms with E-state index in [0.29, 0.717) is 11.3 Å². The maximum atomic E-state index is 14.7. The van der Waals surface area contributed by atoms with Gasteiger partial charge in [0.1, 0.15) is 17.6 Å². The maximum absolute atomic E-state index is 14.7. The van der Waals surface area contributed by atoms with Gasteiger partial charge < -0.3 is 15.0 Å². The molecule has 7 heteroatoms. The van der Waals surface area contributed by atoms with Crippen molar-refractivity contribution < 1.29 is 18.7 Å². The zero-order valence-corrected chi connectivity index (χ0v) is 25.1. The Kier molecular flexibility index (Phi) is 9.94. The fraction of sp³-hybridized carbons (Fsp3) is 0.375. The molecule has 0 bridgehead atoms. The summed E-state index contributed by atoms with van der Waals surface area (Å²) in [7, 11) is 0. The summed E-state index contributed by atoms with van der Waals surface area (Å²) >= 11 is 3.56. The molecule has 1 N–H and O–H groups in total. The number of amides is 2. The molecule has 0 saturated heterocycles. The number of nitrogens with one attached hydrogen (secondary N) is 1. The van der Waals surface area contributed by atoms with Crippen molar-refractivity contribution in [1.29, 1.82) is 0 Å². The number of hydrogen-bond donors (Lipinski definition) is 1. The van der Waals surface area contributed by atoms with Gasteiger partial charge in [0.05, 0.1) is 4.47 Å². The molecule has 3 aromatic rings. The first-order chi connectivity index (χ1) is 18.2. The van der Waals surface area contributed by atoms with E-state index in [1.165, 1.54) is 11.0 Å². The Balaban J connectivity index is 1.94. The number of hydrogen-bond acceptors (Lipinski definition) is 3. The van der Waals surface area contributed by atoms with Crippen LogP contribution in [-0.2, 0) is 28.0 Å². The van der Waals surface area contributed by atoms with Crippen molar-refractivity contribution in [1.82, 2.24) is 10.2 Å². The highest BCUT2D eigenvalue weighted by molar-refractivity contribution is 9.10. The van der Waals surface area contributed by atoms with E-state index in [1.54, 1.807) is 18.2 Å². The van der Waals surface area contributed by atoms with Crippen molar-refractivity contribution in [3.05, 3.63) is 99.8 Å². The van der Waals surface area contributed by atoms with Gasteiger partial charge in [-0.2, -0.15) is 0 Å². The van der Waals surface area contributed by atoms with Crippen LogP contribution in [0.5, 0.6) is 5.75 Å². The first-order valence-electron chi connectivity index (χ1n) is 13.1. The number of carbonyl (C=O) groups excluding carboxylic acids is 2. The van der Waals surface area contributed by atoms with E-state index < -0.39 is 23.3 Å². The van der Waals surface area contributed by atoms with Crippen LogP contribution in [-0.4, -0.2) is 34.9 Å². The van der Waals surface area contributed by atoms with E-state index in [4.69, 9.17) is 4.74 Å². The van der Waals surface area contributed by atoms with Crippen LogP contribution in [0.25, 0.3) is 0 Å². The van der Waals surface area contributed by atoms with Gasteiger partial charge in [-0.1, -0.05) is 75.4 Å². The number of rotatable bonds is 9.